The van der Waals surface area contributed by atoms with E-state index in [-0.39, 0.29) is 10.5 Å². The van der Waals surface area contributed by atoms with E-state index in [1.54, 1.807) is 13.8 Å². The summed E-state index contributed by atoms with van der Waals surface area (Å²) in [5.74, 6) is 1.27. The molecule has 21 heavy (non-hydrogen) atoms. The molecule has 0 aliphatic carbocycles. The van der Waals surface area contributed by atoms with Crippen molar-refractivity contribution in [1.82, 2.24) is 4.72 Å². The maximum atomic E-state index is 12.4. The summed E-state index contributed by atoms with van der Waals surface area (Å²) in [5, 5.41) is 9.07. The first kappa shape index (κ1) is 16.3. The van der Waals surface area contributed by atoms with Gasteiger partial charge in [0.05, 0.1) is 10.5 Å². The van der Waals surface area contributed by atoms with E-state index in [9.17, 15) is 13.2 Å². The number of hydrogen-bond acceptors (Lipinski definition) is 4. The van der Waals surface area contributed by atoms with Crippen molar-refractivity contribution in [2.45, 2.75) is 25.2 Å². The number of hydrogen-bond donors (Lipinski definition) is 2. The van der Waals surface area contributed by atoms with Crippen LogP contribution in [-0.4, -0.2) is 37.5 Å². The zero-order valence-electron chi connectivity index (χ0n) is 12.0. The fraction of sp³-hybridized carbons (Fsp3) is 0.500. The van der Waals surface area contributed by atoms with Gasteiger partial charge >= 0.3 is 5.97 Å². The Morgan fingerprint density at radius 2 is 2.14 bits per heavy atom. The zero-order chi connectivity index (χ0) is 15.6. The van der Waals surface area contributed by atoms with Crippen LogP contribution in [0.2, 0.25) is 0 Å². The van der Waals surface area contributed by atoms with Gasteiger partial charge in [-0.3, -0.25) is 0 Å². The van der Waals surface area contributed by atoms with E-state index in [2.05, 4.69) is 4.72 Å². The van der Waals surface area contributed by atoms with Crippen LogP contribution in [0.4, 0.5) is 0 Å². The Balaban J connectivity index is 2.27. The van der Waals surface area contributed by atoms with Gasteiger partial charge in [-0.1, -0.05) is 0 Å². The topological polar surface area (TPSA) is 83.5 Å². The van der Waals surface area contributed by atoms with Gasteiger partial charge in [-0.25, -0.2) is 17.9 Å². The summed E-state index contributed by atoms with van der Waals surface area (Å²) >= 11 is 1.83. The van der Waals surface area contributed by atoms with Crippen LogP contribution in [0.15, 0.2) is 17.0 Å². The highest BCUT2D eigenvalue weighted by Gasteiger charge is 2.23. The molecule has 0 bridgehead atoms. The third-order valence-corrected chi connectivity index (χ3v) is 6.52. The van der Waals surface area contributed by atoms with Crippen LogP contribution >= 0.6 is 11.8 Å². The van der Waals surface area contributed by atoms with Crippen molar-refractivity contribution in [1.29, 1.82) is 0 Å². The molecular formula is C14H19NO4S2. The monoisotopic (exact) mass is 329 g/mol. The summed E-state index contributed by atoms with van der Waals surface area (Å²) in [6, 6.07) is 2.72. The molecule has 5 nitrogen and oxygen atoms in total. The molecular weight excluding hydrogens is 310 g/mol. The Bertz CT molecular complexity index is 649. The Hall–Kier alpha value is -1.05. The molecule has 1 unspecified atom stereocenters. The molecule has 1 atom stereocenters. The van der Waals surface area contributed by atoms with E-state index < -0.39 is 16.0 Å². The maximum Gasteiger partial charge on any atom is 0.335 e. The second kappa shape index (κ2) is 6.37. The zero-order valence-corrected chi connectivity index (χ0v) is 13.7. The number of sulfonamides is 1. The average Bonchev–Trinajstić information content (AvgIpc) is 2.92. The predicted molar refractivity (Wildman–Crippen MR) is 83.5 cm³/mol. The molecule has 0 spiro atoms. The minimum absolute atomic E-state index is 0.00473. The highest BCUT2D eigenvalue weighted by molar-refractivity contribution is 7.99. The molecule has 0 saturated carbocycles. The van der Waals surface area contributed by atoms with Crippen LogP contribution < -0.4 is 4.72 Å². The van der Waals surface area contributed by atoms with Gasteiger partial charge in [0, 0.05) is 6.54 Å². The molecule has 1 aromatic carbocycles. The summed E-state index contributed by atoms with van der Waals surface area (Å²) in [7, 11) is -3.68. The van der Waals surface area contributed by atoms with Gasteiger partial charge in [-0.2, -0.15) is 11.8 Å². The van der Waals surface area contributed by atoms with Crippen molar-refractivity contribution >= 4 is 27.8 Å². The first-order valence-corrected chi connectivity index (χ1v) is 9.37. The Morgan fingerprint density at radius 3 is 2.71 bits per heavy atom. The summed E-state index contributed by atoms with van der Waals surface area (Å²) in [6.45, 7) is 3.82. The molecule has 7 heteroatoms. The Morgan fingerprint density at radius 1 is 1.43 bits per heavy atom. The quantitative estimate of drug-likeness (QED) is 0.863. The third kappa shape index (κ3) is 3.78. The first-order chi connectivity index (χ1) is 9.81. The fourth-order valence-electron chi connectivity index (χ4n) is 2.28. The number of carbonyl (C=O) groups is 1. The number of thioether (sulfide) groups is 1. The lowest BCUT2D eigenvalue weighted by atomic mass is 10.1. The fourth-order valence-corrected chi connectivity index (χ4v) is 5.02. The van der Waals surface area contributed by atoms with Gasteiger partial charge in [0.1, 0.15) is 0 Å². The summed E-state index contributed by atoms with van der Waals surface area (Å²) in [5.41, 5.74) is 1.25. The standard InChI is InChI=1S/C14H19NO4S2/c1-9-5-12(14(16)17)6-13(10(9)2)21(18,19)15-7-11-3-4-20-8-11/h5-6,11,15H,3-4,7-8H2,1-2H3,(H,16,17). The number of carboxylic acids is 1. The molecule has 2 rings (SSSR count). The van der Waals surface area contributed by atoms with Gasteiger partial charge in [-0.05, 0) is 61.0 Å². The number of carboxylic acid groups (broad SMARTS) is 1. The van der Waals surface area contributed by atoms with Crippen LogP contribution in [0.5, 0.6) is 0 Å². The number of benzene rings is 1. The maximum absolute atomic E-state index is 12.4. The van der Waals surface area contributed by atoms with E-state index in [0.29, 0.717) is 23.6 Å². The highest BCUT2D eigenvalue weighted by Crippen LogP contribution is 2.24. The summed E-state index contributed by atoms with van der Waals surface area (Å²) in [4.78, 5) is 11.2. The number of nitrogens with one attached hydrogen (secondary N) is 1. The SMILES string of the molecule is Cc1cc(C(=O)O)cc(S(=O)(=O)NCC2CCSC2)c1C. The van der Waals surface area contributed by atoms with Crippen molar-refractivity contribution in [3.8, 4) is 0 Å². The lowest BCUT2D eigenvalue weighted by Gasteiger charge is -2.14. The van der Waals surface area contributed by atoms with Crippen molar-refractivity contribution in [3.05, 3.63) is 28.8 Å². The van der Waals surface area contributed by atoms with Gasteiger partial charge in [-0.15, -0.1) is 0 Å². The second-order valence-electron chi connectivity index (χ2n) is 5.30. The summed E-state index contributed by atoms with van der Waals surface area (Å²) in [6.07, 6.45) is 1.01. The molecule has 0 radical (unpaired) electrons. The van der Waals surface area contributed by atoms with E-state index >= 15 is 0 Å². The van der Waals surface area contributed by atoms with Crippen LogP contribution in [0.25, 0.3) is 0 Å². The number of aromatic carboxylic acids is 1. The van der Waals surface area contributed by atoms with E-state index in [1.807, 2.05) is 11.8 Å². The molecule has 0 amide bonds. The van der Waals surface area contributed by atoms with Crippen molar-refractivity contribution in [3.63, 3.8) is 0 Å². The molecule has 1 saturated heterocycles. The van der Waals surface area contributed by atoms with E-state index in [4.69, 9.17) is 5.11 Å². The Kier molecular flexibility index (Phi) is 4.95. The third-order valence-electron chi connectivity index (χ3n) is 3.74. The van der Waals surface area contributed by atoms with Gasteiger partial charge in [0.15, 0.2) is 0 Å². The largest absolute Gasteiger partial charge is 0.478 e. The van der Waals surface area contributed by atoms with Gasteiger partial charge in [0.2, 0.25) is 10.0 Å². The van der Waals surface area contributed by atoms with Crippen LogP contribution in [0.1, 0.15) is 27.9 Å². The van der Waals surface area contributed by atoms with Crippen LogP contribution in [-0.2, 0) is 10.0 Å². The predicted octanol–water partition coefficient (Wildman–Crippen LogP) is 2.03. The number of rotatable bonds is 5. The molecule has 0 aromatic heterocycles. The molecule has 1 aliphatic rings. The van der Waals surface area contributed by atoms with E-state index in [0.717, 1.165) is 17.9 Å². The number of aryl methyl sites for hydroxylation is 1. The first-order valence-electron chi connectivity index (χ1n) is 6.73. The minimum atomic E-state index is -3.68. The molecule has 116 valence electrons. The molecule has 1 aliphatic heterocycles. The van der Waals surface area contributed by atoms with Crippen molar-refractivity contribution < 1.29 is 18.3 Å². The van der Waals surface area contributed by atoms with Crippen molar-refractivity contribution in [2.75, 3.05) is 18.1 Å². The lowest BCUT2D eigenvalue weighted by Crippen LogP contribution is -2.30. The second-order valence-corrected chi connectivity index (χ2v) is 8.19. The van der Waals surface area contributed by atoms with Crippen LogP contribution in [0, 0.1) is 19.8 Å². The molecule has 1 heterocycles. The smallest absolute Gasteiger partial charge is 0.335 e. The Labute approximate surface area is 129 Å². The average molecular weight is 329 g/mol. The molecule has 1 aromatic rings. The van der Waals surface area contributed by atoms with Gasteiger partial charge < -0.3 is 5.11 Å². The summed E-state index contributed by atoms with van der Waals surface area (Å²) < 4.78 is 27.5. The molecule has 1 fully saturated rings. The minimum Gasteiger partial charge on any atom is -0.478 e. The lowest BCUT2D eigenvalue weighted by molar-refractivity contribution is 0.0696. The molecule has 2 N–H and O–H groups in total. The van der Waals surface area contributed by atoms with Gasteiger partial charge in [0.25, 0.3) is 0 Å². The normalized spacial score (nSPS) is 18.9. The highest BCUT2D eigenvalue weighted by atomic mass is 32.2. The van der Waals surface area contributed by atoms with E-state index in [1.165, 1.54) is 12.1 Å². The van der Waals surface area contributed by atoms with Crippen LogP contribution in [0.3, 0.4) is 0 Å². The van der Waals surface area contributed by atoms with Crippen molar-refractivity contribution in [2.24, 2.45) is 5.92 Å².